The van der Waals surface area contributed by atoms with Crippen molar-refractivity contribution < 1.29 is 0 Å². The maximum Gasteiger partial charge on any atom is 0.0705 e. The van der Waals surface area contributed by atoms with E-state index in [2.05, 4.69) is 28.4 Å². The Morgan fingerprint density at radius 1 is 1.38 bits per heavy atom. The van der Waals surface area contributed by atoms with Gasteiger partial charge in [-0.15, -0.1) is 12.3 Å². The number of terminal acetylenes is 1. The summed E-state index contributed by atoms with van der Waals surface area (Å²) >= 11 is 0. The van der Waals surface area contributed by atoms with E-state index in [1.807, 2.05) is 31.4 Å². The fraction of sp³-hybridized carbons (Fsp3) is 0.214. The second-order valence-corrected chi connectivity index (χ2v) is 3.67. The molecule has 0 aliphatic rings. The number of aromatic nitrogens is 1. The van der Waals surface area contributed by atoms with Crippen molar-refractivity contribution in [2.75, 3.05) is 7.05 Å². The number of rotatable bonds is 3. The van der Waals surface area contributed by atoms with Gasteiger partial charge in [0.05, 0.1) is 5.52 Å². The van der Waals surface area contributed by atoms with Crippen LogP contribution in [-0.4, -0.2) is 12.0 Å². The lowest BCUT2D eigenvalue weighted by molar-refractivity contribution is 0.616. The summed E-state index contributed by atoms with van der Waals surface area (Å²) < 4.78 is 0. The number of nitrogens with one attached hydrogen (secondary N) is 1. The zero-order valence-electron chi connectivity index (χ0n) is 9.27. The average Bonchev–Trinajstić information content (AvgIpc) is 2.35. The number of hydrogen-bond donors (Lipinski definition) is 1. The lowest BCUT2D eigenvalue weighted by Gasteiger charge is -2.15. The van der Waals surface area contributed by atoms with Crippen molar-refractivity contribution in [1.29, 1.82) is 0 Å². The van der Waals surface area contributed by atoms with Crippen molar-refractivity contribution in [3.05, 3.63) is 42.1 Å². The van der Waals surface area contributed by atoms with E-state index in [-0.39, 0.29) is 6.04 Å². The molecule has 2 heteroatoms. The molecule has 1 unspecified atom stereocenters. The molecule has 1 aromatic carbocycles. The first-order valence-corrected chi connectivity index (χ1v) is 5.31. The molecule has 0 radical (unpaired) electrons. The minimum Gasteiger partial charge on any atom is -0.312 e. The number of nitrogens with zero attached hydrogens (tertiary/aromatic N) is 1. The van der Waals surface area contributed by atoms with Crippen LogP contribution < -0.4 is 5.32 Å². The van der Waals surface area contributed by atoms with E-state index in [1.165, 1.54) is 10.9 Å². The van der Waals surface area contributed by atoms with Crippen molar-refractivity contribution in [2.24, 2.45) is 0 Å². The zero-order chi connectivity index (χ0) is 11.4. The van der Waals surface area contributed by atoms with Gasteiger partial charge in [0.15, 0.2) is 0 Å². The van der Waals surface area contributed by atoms with E-state index < -0.39 is 0 Å². The van der Waals surface area contributed by atoms with E-state index in [9.17, 15) is 0 Å². The van der Waals surface area contributed by atoms with Gasteiger partial charge in [-0.1, -0.05) is 18.2 Å². The van der Waals surface area contributed by atoms with Gasteiger partial charge in [0.1, 0.15) is 0 Å². The highest BCUT2D eigenvalue weighted by Gasteiger charge is 2.10. The summed E-state index contributed by atoms with van der Waals surface area (Å²) in [6.07, 6.45) is 7.87. The Morgan fingerprint density at radius 2 is 2.25 bits per heavy atom. The lowest BCUT2D eigenvalue weighted by Crippen LogP contribution is -2.16. The van der Waals surface area contributed by atoms with E-state index in [4.69, 9.17) is 6.42 Å². The van der Waals surface area contributed by atoms with Gasteiger partial charge in [0.25, 0.3) is 0 Å². The van der Waals surface area contributed by atoms with Gasteiger partial charge in [-0.05, 0) is 24.7 Å². The van der Waals surface area contributed by atoms with E-state index in [1.54, 1.807) is 0 Å². The number of fused-ring (bicyclic) bond motifs is 1. The van der Waals surface area contributed by atoms with Crippen LogP contribution in [0.2, 0.25) is 0 Å². The Labute approximate surface area is 95.7 Å². The molecule has 0 saturated heterocycles. The molecule has 0 aliphatic carbocycles. The lowest BCUT2D eigenvalue weighted by atomic mass is 9.99. The summed E-state index contributed by atoms with van der Waals surface area (Å²) in [5.74, 6) is 2.70. The molecule has 2 nitrogen and oxygen atoms in total. The molecule has 0 bridgehead atoms. The quantitative estimate of drug-likeness (QED) is 0.787. The van der Waals surface area contributed by atoms with E-state index in [0.717, 1.165) is 5.52 Å². The predicted molar refractivity (Wildman–Crippen MR) is 67.0 cm³/mol. The normalized spacial score (nSPS) is 12.2. The summed E-state index contributed by atoms with van der Waals surface area (Å²) in [5.41, 5.74) is 2.23. The van der Waals surface area contributed by atoms with Crippen LogP contribution in [0.1, 0.15) is 18.0 Å². The summed E-state index contributed by atoms with van der Waals surface area (Å²) in [6, 6.07) is 10.4. The fourth-order valence-electron chi connectivity index (χ4n) is 1.92. The smallest absolute Gasteiger partial charge is 0.0705 e. The SMILES string of the molecule is C#CCC(NC)c1cccc2ncccc12. The number of pyridine rings is 1. The van der Waals surface area contributed by atoms with Crippen molar-refractivity contribution in [2.45, 2.75) is 12.5 Å². The van der Waals surface area contributed by atoms with Gasteiger partial charge >= 0.3 is 0 Å². The number of benzene rings is 1. The third-order valence-electron chi connectivity index (χ3n) is 2.73. The summed E-state index contributed by atoms with van der Waals surface area (Å²) in [5, 5.41) is 4.41. The minimum absolute atomic E-state index is 0.192. The van der Waals surface area contributed by atoms with Crippen LogP contribution in [0.25, 0.3) is 10.9 Å². The highest BCUT2D eigenvalue weighted by atomic mass is 14.9. The summed E-state index contributed by atoms with van der Waals surface area (Å²) in [6.45, 7) is 0. The fourth-order valence-corrected chi connectivity index (χ4v) is 1.92. The largest absolute Gasteiger partial charge is 0.312 e. The molecule has 0 aliphatic heterocycles. The second kappa shape index (κ2) is 4.78. The molecule has 80 valence electrons. The molecule has 0 fully saturated rings. The van der Waals surface area contributed by atoms with Crippen LogP contribution in [0, 0.1) is 12.3 Å². The molecule has 0 spiro atoms. The first kappa shape index (κ1) is 10.7. The maximum atomic E-state index is 5.38. The zero-order valence-corrected chi connectivity index (χ0v) is 9.27. The number of hydrogen-bond acceptors (Lipinski definition) is 2. The van der Waals surface area contributed by atoms with E-state index in [0.29, 0.717) is 6.42 Å². The Balaban J connectivity index is 2.55. The van der Waals surface area contributed by atoms with Gasteiger partial charge in [-0.25, -0.2) is 0 Å². The van der Waals surface area contributed by atoms with Gasteiger partial charge in [0.2, 0.25) is 0 Å². The average molecular weight is 210 g/mol. The monoisotopic (exact) mass is 210 g/mol. The van der Waals surface area contributed by atoms with Gasteiger partial charge in [0, 0.05) is 24.0 Å². The molecule has 1 aromatic heterocycles. The Morgan fingerprint density at radius 3 is 3.00 bits per heavy atom. The molecule has 2 rings (SSSR count). The Kier molecular flexibility index (Phi) is 3.19. The molecular weight excluding hydrogens is 196 g/mol. The van der Waals surface area contributed by atoms with Crippen LogP contribution in [0.3, 0.4) is 0 Å². The highest BCUT2D eigenvalue weighted by molar-refractivity contribution is 5.82. The van der Waals surface area contributed by atoms with Gasteiger partial charge in [-0.3, -0.25) is 4.98 Å². The summed E-state index contributed by atoms with van der Waals surface area (Å²) in [7, 11) is 1.93. The van der Waals surface area contributed by atoms with Crippen LogP contribution in [0.15, 0.2) is 36.5 Å². The third-order valence-corrected chi connectivity index (χ3v) is 2.73. The van der Waals surface area contributed by atoms with Crippen LogP contribution in [-0.2, 0) is 0 Å². The third kappa shape index (κ3) is 1.91. The van der Waals surface area contributed by atoms with Crippen molar-refractivity contribution >= 4 is 10.9 Å². The standard InChI is InChI=1S/C14H14N2/c1-3-6-13(15-2)11-7-4-9-14-12(11)8-5-10-16-14/h1,4-5,7-10,13,15H,6H2,2H3. The topological polar surface area (TPSA) is 24.9 Å². The molecule has 16 heavy (non-hydrogen) atoms. The molecule has 1 N–H and O–H groups in total. The van der Waals surface area contributed by atoms with Crippen molar-refractivity contribution in [3.8, 4) is 12.3 Å². The second-order valence-electron chi connectivity index (χ2n) is 3.67. The first-order chi connectivity index (χ1) is 7.86. The first-order valence-electron chi connectivity index (χ1n) is 5.31. The molecule has 1 atom stereocenters. The Bertz CT molecular complexity index is 520. The van der Waals surface area contributed by atoms with E-state index >= 15 is 0 Å². The predicted octanol–water partition coefficient (Wildman–Crippen LogP) is 2.52. The minimum atomic E-state index is 0.192. The van der Waals surface area contributed by atoms with Gasteiger partial charge < -0.3 is 5.32 Å². The maximum absolute atomic E-state index is 5.38. The van der Waals surface area contributed by atoms with Gasteiger partial charge in [-0.2, -0.15) is 0 Å². The summed E-state index contributed by atoms with van der Waals surface area (Å²) in [4.78, 5) is 4.34. The van der Waals surface area contributed by atoms with Crippen LogP contribution in [0.4, 0.5) is 0 Å². The van der Waals surface area contributed by atoms with Crippen LogP contribution >= 0.6 is 0 Å². The van der Waals surface area contributed by atoms with Crippen molar-refractivity contribution in [3.63, 3.8) is 0 Å². The molecule has 2 aromatic rings. The highest BCUT2D eigenvalue weighted by Crippen LogP contribution is 2.24. The molecule has 1 heterocycles. The van der Waals surface area contributed by atoms with Crippen molar-refractivity contribution in [1.82, 2.24) is 10.3 Å². The Hall–Kier alpha value is -1.85. The molecular formula is C14H14N2. The molecule has 0 saturated carbocycles. The van der Waals surface area contributed by atoms with Crippen LogP contribution in [0.5, 0.6) is 0 Å². The molecule has 0 amide bonds.